The topological polar surface area (TPSA) is 74.6 Å². The minimum absolute atomic E-state index is 0.0148. The van der Waals surface area contributed by atoms with Gasteiger partial charge in [0.2, 0.25) is 0 Å². The van der Waals surface area contributed by atoms with E-state index < -0.39 is 0 Å². The van der Waals surface area contributed by atoms with Crippen molar-refractivity contribution in [2.24, 2.45) is 5.92 Å². The Morgan fingerprint density at radius 2 is 2.00 bits per heavy atom. The van der Waals surface area contributed by atoms with Crippen LogP contribution in [0.4, 0.5) is 5.69 Å². The number of nitrogens with one attached hydrogen (secondary N) is 2. The molecule has 0 saturated carbocycles. The second kappa shape index (κ2) is 8.67. The van der Waals surface area contributed by atoms with Crippen LogP contribution in [0.3, 0.4) is 0 Å². The van der Waals surface area contributed by atoms with E-state index in [0.29, 0.717) is 17.2 Å². The van der Waals surface area contributed by atoms with Crippen molar-refractivity contribution in [3.8, 4) is 0 Å². The van der Waals surface area contributed by atoms with Crippen molar-refractivity contribution in [2.75, 3.05) is 31.5 Å². The van der Waals surface area contributed by atoms with Gasteiger partial charge in [-0.25, -0.2) is 0 Å². The number of likely N-dealkylation sites (tertiary alicyclic amines) is 1. The lowest BCUT2D eigenvalue weighted by atomic mass is 9.96. The van der Waals surface area contributed by atoms with Gasteiger partial charge in [0.1, 0.15) is 0 Å². The van der Waals surface area contributed by atoms with Crippen molar-refractivity contribution in [1.82, 2.24) is 10.2 Å². The fourth-order valence-corrected chi connectivity index (χ4v) is 3.20. The molecule has 0 atom stereocenters. The third-order valence-corrected chi connectivity index (χ3v) is 4.70. The lowest BCUT2D eigenvalue weighted by Crippen LogP contribution is -2.40. The molecule has 138 valence electrons. The highest BCUT2D eigenvalue weighted by molar-refractivity contribution is 6.03. The van der Waals surface area contributed by atoms with E-state index in [-0.39, 0.29) is 17.6 Å². The second-order valence-corrected chi connectivity index (χ2v) is 6.56. The molecule has 1 saturated heterocycles. The third-order valence-electron chi connectivity index (χ3n) is 4.70. The van der Waals surface area contributed by atoms with E-state index in [1.165, 1.54) is 6.26 Å². The molecule has 1 aromatic carbocycles. The maximum atomic E-state index is 12.8. The summed E-state index contributed by atoms with van der Waals surface area (Å²) in [5, 5.41) is 6.14. The molecule has 0 spiro atoms. The van der Waals surface area contributed by atoms with E-state index in [2.05, 4.69) is 17.6 Å². The van der Waals surface area contributed by atoms with Crippen LogP contribution in [0, 0.1) is 5.92 Å². The van der Waals surface area contributed by atoms with Crippen LogP contribution in [0.1, 0.15) is 40.7 Å². The van der Waals surface area contributed by atoms with E-state index in [4.69, 9.17) is 4.42 Å². The predicted octanol–water partition coefficient (Wildman–Crippen LogP) is 2.99. The second-order valence-electron chi connectivity index (χ2n) is 6.56. The number of furan rings is 1. The maximum absolute atomic E-state index is 12.8. The lowest BCUT2D eigenvalue weighted by Gasteiger charge is -2.32. The Hall–Kier alpha value is -2.60. The van der Waals surface area contributed by atoms with Crippen LogP contribution in [0.25, 0.3) is 0 Å². The van der Waals surface area contributed by atoms with Gasteiger partial charge in [-0.3, -0.25) is 9.59 Å². The molecule has 2 aromatic rings. The molecule has 0 unspecified atom stereocenters. The van der Waals surface area contributed by atoms with E-state index in [0.717, 1.165) is 39.0 Å². The third kappa shape index (κ3) is 4.52. The highest BCUT2D eigenvalue weighted by Gasteiger charge is 2.23. The van der Waals surface area contributed by atoms with Gasteiger partial charge in [-0.05, 0) is 62.2 Å². The first kappa shape index (κ1) is 18.2. The number of anilines is 1. The van der Waals surface area contributed by atoms with Crippen LogP contribution >= 0.6 is 0 Å². The van der Waals surface area contributed by atoms with Crippen LogP contribution in [0.15, 0.2) is 47.1 Å². The number of carbonyl (C=O) groups is 2. The number of piperidine rings is 1. The molecule has 1 aromatic heterocycles. The fourth-order valence-electron chi connectivity index (χ4n) is 3.20. The van der Waals surface area contributed by atoms with Gasteiger partial charge in [0.15, 0.2) is 5.76 Å². The summed E-state index contributed by atoms with van der Waals surface area (Å²) in [6, 6.07) is 10.3. The average molecular weight is 355 g/mol. The van der Waals surface area contributed by atoms with Crippen molar-refractivity contribution in [1.29, 1.82) is 0 Å². The first-order valence-electron chi connectivity index (χ1n) is 9.12. The molecular weight excluding hydrogens is 330 g/mol. The van der Waals surface area contributed by atoms with Crippen molar-refractivity contribution in [2.45, 2.75) is 19.8 Å². The molecule has 2 N–H and O–H groups in total. The standard InChI is InChI=1S/C20H25N3O3/c1-2-21-14-15-8-10-23(11-9-15)20(25)16-5-3-6-17(13-16)22-19(24)18-7-4-12-26-18/h3-7,12-13,15,21H,2,8-11,14H2,1H3,(H,22,24). The minimum Gasteiger partial charge on any atom is -0.459 e. The summed E-state index contributed by atoms with van der Waals surface area (Å²) in [7, 11) is 0. The van der Waals surface area contributed by atoms with Crippen molar-refractivity contribution in [3.05, 3.63) is 54.0 Å². The Morgan fingerprint density at radius 3 is 2.69 bits per heavy atom. The molecule has 0 aliphatic carbocycles. The van der Waals surface area contributed by atoms with Crippen LogP contribution in [-0.4, -0.2) is 42.9 Å². The zero-order valence-corrected chi connectivity index (χ0v) is 15.0. The van der Waals surface area contributed by atoms with Gasteiger partial charge in [0, 0.05) is 24.3 Å². The summed E-state index contributed by atoms with van der Waals surface area (Å²) in [6.07, 6.45) is 3.50. The molecule has 1 fully saturated rings. The molecule has 6 heteroatoms. The first-order chi connectivity index (χ1) is 12.7. The van der Waals surface area contributed by atoms with Crippen LogP contribution < -0.4 is 10.6 Å². The van der Waals surface area contributed by atoms with E-state index in [9.17, 15) is 9.59 Å². The molecule has 1 aliphatic rings. The van der Waals surface area contributed by atoms with Crippen LogP contribution in [-0.2, 0) is 0 Å². The zero-order valence-electron chi connectivity index (χ0n) is 15.0. The number of carbonyl (C=O) groups excluding carboxylic acids is 2. The van der Waals surface area contributed by atoms with Crippen LogP contribution in [0.5, 0.6) is 0 Å². The molecule has 26 heavy (non-hydrogen) atoms. The van der Waals surface area contributed by atoms with Gasteiger partial charge in [-0.15, -0.1) is 0 Å². The number of amides is 2. The number of benzene rings is 1. The molecule has 1 aliphatic heterocycles. The Labute approximate surface area is 153 Å². The summed E-state index contributed by atoms with van der Waals surface area (Å²) in [5.41, 5.74) is 1.17. The molecular formula is C20H25N3O3. The van der Waals surface area contributed by atoms with Crippen molar-refractivity contribution >= 4 is 17.5 Å². The monoisotopic (exact) mass is 355 g/mol. The zero-order chi connectivity index (χ0) is 18.4. The quantitative estimate of drug-likeness (QED) is 0.835. The molecule has 0 bridgehead atoms. The maximum Gasteiger partial charge on any atom is 0.291 e. The van der Waals surface area contributed by atoms with Gasteiger partial charge in [-0.1, -0.05) is 13.0 Å². The smallest absolute Gasteiger partial charge is 0.291 e. The van der Waals surface area contributed by atoms with Crippen molar-refractivity contribution in [3.63, 3.8) is 0 Å². The van der Waals surface area contributed by atoms with E-state index in [1.807, 2.05) is 4.90 Å². The van der Waals surface area contributed by atoms with Gasteiger partial charge in [0.25, 0.3) is 11.8 Å². The summed E-state index contributed by atoms with van der Waals surface area (Å²) in [6.45, 7) is 5.66. The molecule has 3 rings (SSSR count). The number of hydrogen-bond acceptors (Lipinski definition) is 4. The SMILES string of the molecule is CCNCC1CCN(C(=O)c2cccc(NC(=O)c3ccco3)c2)CC1. The Kier molecular flexibility index (Phi) is 6.07. The summed E-state index contributed by atoms with van der Waals surface area (Å²) < 4.78 is 5.09. The summed E-state index contributed by atoms with van der Waals surface area (Å²) in [4.78, 5) is 26.7. The number of hydrogen-bond donors (Lipinski definition) is 2. The molecule has 0 radical (unpaired) electrons. The predicted molar refractivity (Wildman–Crippen MR) is 100 cm³/mol. The largest absolute Gasteiger partial charge is 0.459 e. The van der Waals surface area contributed by atoms with Gasteiger partial charge >= 0.3 is 0 Å². The Balaban J connectivity index is 1.59. The highest BCUT2D eigenvalue weighted by atomic mass is 16.3. The molecule has 2 heterocycles. The van der Waals surface area contributed by atoms with Crippen molar-refractivity contribution < 1.29 is 14.0 Å². The summed E-state index contributed by atoms with van der Waals surface area (Å²) >= 11 is 0. The fraction of sp³-hybridized carbons (Fsp3) is 0.400. The average Bonchev–Trinajstić information content (AvgIpc) is 3.21. The first-order valence-corrected chi connectivity index (χ1v) is 9.12. The lowest BCUT2D eigenvalue weighted by molar-refractivity contribution is 0.0690. The van der Waals surface area contributed by atoms with Crippen LogP contribution in [0.2, 0.25) is 0 Å². The Morgan fingerprint density at radius 1 is 1.19 bits per heavy atom. The van der Waals surface area contributed by atoms with Gasteiger partial charge in [0.05, 0.1) is 6.26 Å². The molecule has 6 nitrogen and oxygen atoms in total. The summed E-state index contributed by atoms with van der Waals surface area (Å²) in [5.74, 6) is 0.562. The van der Waals surface area contributed by atoms with E-state index >= 15 is 0 Å². The highest BCUT2D eigenvalue weighted by Crippen LogP contribution is 2.20. The van der Waals surface area contributed by atoms with Gasteiger partial charge < -0.3 is 20.0 Å². The minimum atomic E-state index is -0.330. The normalized spacial score (nSPS) is 15.0. The van der Waals surface area contributed by atoms with E-state index in [1.54, 1.807) is 36.4 Å². The number of rotatable bonds is 6. The Bertz CT molecular complexity index is 735. The number of nitrogens with zero attached hydrogens (tertiary/aromatic N) is 1. The van der Waals surface area contributed by atoms with Gasteiger partial charge in [-0.2, -0.15) is 0 Å². The molecule has 2 amide bonds.